The molecule has 6 nitrogen and oxygen atoms in total. The normalized spacial score (nSPS) is 21.1. The third-order valence-electron chi connectivity index (χ3n) is 3.84. The van der Waals surface area contributed by atoms with Gasteiger partial charge < -0.3 is 4.74 Å². The number of carbonyl (C=O) groups is 2. The van der Waals surface area contributed by atoms with Crippen LogP contribution in [0.4, 0.5) is 0 Å². The van der Waals surface area contributed by atoms with Crippen LogP contribution in [0, 0.1) is 11.8 Å². The van der Waals surface area contributed by atoms with Gasteiger partial charge in [-0.15, -0.1) is 0 Å². The zero-order valence-electron chi connectivity index (χ0n) is 14.0. The Labute approximate surface area is 151 Å². The van der Waals surface area contributed by atoms with Crippen molar-refractivity contribution in [3.05, 3.63) is 28.7 Å². The highest BCUT2D eigenvalue weighted by Gasteiger charge is 2.23. The standard InChI is InChI=1S/C17H24BrN3O3/c1-12-7-13(2)9-21(8-12)10-16(22)19-20-17(23)11-24-15-5-3-14(18)4-6-15/h3-6,12-13H,7-11H2,1-2H3,(H,19,22)(H,20,23)/t12-,13-/m1/s1. The van der Waals surface area contributed by atoms with E-state index >= 15 is 0 Å². The van der Waals surface area contributed by atoms with Crippen molar-refractivity contribution < 1.29 is 14.3 Å². The lowest BCUT2D eigenvalue weighted by Gasteiger charge is -2.34. The van der Waals surface area contributed by atoms with Gasteiger partial charge in [-0.3, -0.25) is 25.3 Å². The number of benzene rings is 1. The predicted molar refractivity (Wildman–Crippen MR) is 95.3 cm³/mol. The van der Waals surface area contributed by atoms with Crippen LogP contribution in [0.25, 0.3) is 0 Å². The molecule has 0 bridgehead atoms. The summed E-state index contributed by atoms with van der Waals surface area (Å²) in [6, 6.07) is 7.18. The summed E-state index contributed by atoms with van der Waals surface area (Å²) in [6.45, 7) is 6.36. The van der Waals surface area contributed by atoms with Gasteiger partial charge in [0.25, 0.3) is 11.8 Å². The zero-order valence-corrected chi connectivity index (χ0v) is 15.6. The number of ether oxygens (including phenoxy) is 1. The highest BCUT2D eigenvalue weighted by Crippen LogP contribution is 2.20. The molecule has 1 aromatic carbocycles. The maximum absolute atomic E-state index is 11.9. The van der Waals surface area contributed by atoms with Crippen LogP contribution in [0.15, 0.2) is 28.7 Å². The maximum Gasteiger partial charge on any atom is 0.276 e. The molecule has 1 saturated heterocycles. The van der Waals surface area contributed by atoms with Crippen molar-refractivity contribution in [3.8, 4) is 5.75 Å². The van der Waals surface area contributed by atoms with E-state index in [1.165, 1.54) is 6.42 Å². The Morgan fingerprint density at radius 3 is 2.33 bits per heavy atom. The Bertz CT molecular complexity index is 555. The molecule has 0 radical (unpaired) electrons. The molecule has 2 N–H and O–H groups in total. The van der Waals surface area contributed by atoms with Gasteiger partial charge in [-0.05, 0) is 42.5 Å². The van der Waals surface area contributed by atoms with Gasteiger partial charge in [0.2, 0.25) is 0 Å². The number of nitrogens with one attached hydrogen (secondary N) is 2. The van der Waals surface area contributed by atoms with Crippen molar-refractivity contribution in [2.75, 3.05) is 26.2 Å². The molecule has 0 unspecified atom stereocenters. The second-order valence-corrected chi connectivity index (χ2v) is 7.39. The number of carbonyl (C=O) groups excluding carboxylic acids is 2. The van der Waals surface area contributed by atoms with Gasteiger partial charge in [0.1, 0.15) is 5.75 Å². The van der Waals surface area contributed by atoms with Gasteiger partial charge in [0.05, 0.1) is 6.54 Å². The van der Waals surface area contributed by atoms with Gasteiger partial charge in [-0.1, -0.05) is 29.8 Å². The molecule has 2 amide bonds. The Hall–Kier alpha value is -1.60. The number of hydrogen-bond donors (Lipinski definition) is 2. The summed E-state index contributed by atoms with van der Waals surface area (Å²) in [5, 5.41) is 0. The number of likely N-dealkylation sites (tertiary alicyclic amines) is 1. The highest BCUT2D eigenvalue weighted by atomic mass is 79.9. The number of rotatable bonds is 5. The minimum atomic E-state index is -0.397. The fourth-order valence-corrected chi connectivity index (χ4v) is 3.28. The summed E-state index contributed by atoms with van der Waals surface area (Å²) in [5.74, 6) is 1.17. The molecule has 7 heteroatoms. The fourth-order valence-electron chi connectivity index (χ4n) is 3.02. The van der Waals surface area contributed by atoms with E-state index < -0.39 is 5.91 Å². The summed E-state index contributed by atoms with van der Waals surface area (Å²) >= 11 is 3.33. The molecular weight excluding hydrogens is 374 g/mol. The SMILES string of the molecule is C[C@@H]1C[C@@H](C)CN(CC(=O)NNC(=O)COc2ccc(Br)cc2)C1. The molecule has 1 aliphatic heterocycles. The topological polar surface area (TPSA) is 70.7 Å². The maximum atomic E-state index is 11.9. The Kier molecular flexibility index (Phi) is 7.05. The Balaban J connectivity index is 1.65. The minimum absolute atomic E-state index is 0.153. The van der Waals surface area contributed by atoms with Gasteiger partial charge in [0, 0.05) is 17.6 Å². The molecule has 0 spiro atoms. The molecule has 0 aliphatic carbocycles. The first kappa shape index (κ1) is 18.7. The second-order valence-electron chi connectivity index (χ2n) is 6.48. The van der Waals surface area contributed by atoms with Crippen molar-refractivity contribution >= 4 is 27.7 Å². The van der Waals surface area contributed by atoms with E-state index in [4.69, 9.17) is 4.74 Å². The van der Waals surface area contributed by atoms with Crippen LogP contribution in [0.5, 0.6) is 5.75 Å². The van der Waals surface area contributed by atoms with Crippen LogP contribution in [0.2, 0.25) is 0 Å². The highest BCUT2D eigenvalue weighted by molar-refractivity contribution is 9.10. The van der Waals surface area contributed by atoms with Gasteiger partial charge in [0.15, 0.2) is 6.61 Å². The number of amides is 2. The van der Waals surface area contributed by atoms with E-state index in [0.717, 1.165) is 17.6 Å². The zero-order chi connectivity index (χ0) is 17.5. The molecule has 1 fully saturated rings. The number of piperidine rings is 1. The lowest BCUT2D eigenvalue weighted by atomic mass is 9.92. The third-order valence-corrected chi connectivity index (χ3v) is 4.37. The van der Waals surface area contributed by atoms with Crippen LogP contribution in [-0.4, -0.2) is 43.0 Å². The summed E-state index contributed by atoms with van der Waals surface area (Å²) in [5.41, 5.74) is 4.81. The molecule has 1 heterocycles. The first-order chi connectivity index (χ1) is 11.4. The van der Waals surface area contributed by atoms with Crippen molar-refractivity contribution in [2.24, 2.45) is 11.8 Å². The smallest absolute Gasteiger partial charge is 0.276 e. The Morgan fingerprint density at radius 1 is 1.12 bits per heavy atom. The van der Waals surface area contributed by atoms with Crippen LogP contribution >= 0.6 is 15.9 Å². The molecule has 132 valence electrons. The molecular formula is C17H24BrN3O3. The van der Waals surface area contributed by atoms with Crippen molar-refractivity contribution in [3.63, 3.8) is 0 Å². The van der Waals surface area contributed by atoms with Crippen LogP contribution in [0.1, 0.15) is 20.3 Å². The molecule has 2 rings (SSSR count). The molecule has 0 aromatic heterocycles. The largest absolute Gasteiger partial charge is 0.484 e. The predicted octanol–water partition coefficient (Wildman–Crippen LogP) is 1.95. The number of halogens is 1. The van der Waals surface area contributed by atoms with E-state index in [-0.39, 0.29) is 12.5 Å². The van der Waals surface area contributed by atoms with E-state index in [2.05, 4.69) is 45.5 Å². The van der Waals surface area contributed by atoms with E-state index in [1.54, 1.807) is 12.1 Å². The van der Waals surface area contributed by atoms with Gasteiger partial charge in [-0.2, -0.15) is 0 Å². The molecule has 0 saturated carbocycles. The first-order valence-electron chi connectivity index (χ1n) is 8.10. The van der Waals surface area contributed by atoms with Crippen LogP contribution in [-0.2, 0) is 9.59 Å². The average molecular weight is 398 g/mol. The summed E-state index contributed by atoms with van der Waals surface area (Å²) in [6.07, 6.45) is 1.20. The molecule has 24 heavy (non-hydrogen) atoms. The van der Waals surface area contributed by atoms with E-state index in [0.29, 0.717) is 24.1 Å². The number of hydrogen-bond acceptors (Lipinski definition) is 4. The second kappa shape index (κ2) is 9.03. The van der Waals surface area contributed by atoms with E-state index in [1.807, 2.05) is 12.1 Å². The van der Waals surface area contributed by atoms with Crippen molar-refractivity contribution in [1.29, 1.82) is 0 Å². The van der Waals surface area contributed by atoms with Crippen LogP contribution < -0.4 is 15.6 Å². The van der Waals surface area contributed by atoms with Crippen molar-refractivity contribution in [1.82, 2.24) is 15.8 Å². The number of nitrogens with zero attached hydrogens (tertiary/aromatic N) is 1. The van der Waals surface area contributed by atoms with Crippen molar-refractivity contribution in [2.45, 2.75) is 20.3 Å². The lowest BCUT2D eigenvalue weighted by Crippen LogP contribution is -2.50. The van der Waals surface area contributed by atoms with Crippen LogP contribution in [0.3, 0.4) is 0 Å². The van der Waals surface area contributed by atoms with E-state index in [9.17, 15) is 9.59 Å². The van der Waals surface area contributed by atoms with Gasteiger partial charge >= 0.3 is 0 Å². The first-order valence-corrected chi connectivity index (χ1v) is 8.90. The number of hydrazine groups is 1. The minimum Gasteiger partial charge on any atom is -0.484 e. The molecule has 1 aliphatic rings. The monoisotopic (exact) mass is 397 g/mol. The quantitative estimate of drug-likeness (QED) is 0.744. The summed E-state index contributed by atoms with van der Waals surface area (Å²) in [4.78, 5) is 25.8. The molecule has 2 atom stereocenters. The summed E-state index contributed by atoms with van der Waals surface area (Å²) in [7, 11) is 0. The molecule has 1 aromatic rings. The Morgan fingerprint density at radius 2 is 1.71 bits per heavy atom. The average Bonchev–Trinajstić information content (AvgIpc) is 2.51. The van der Waals surface area contributed by atoms with Gasteiger partial charge in [-0.25, -0.2) is 0 Å². The third kappa shape index (κ3) is 6.49. The fraction of sp³-hybridized carbons (Fsp3) is 0.529. The summed E-state index contributed by atoms with van der Waals surface area (Å²) < 4.78 is 6.28. The lowest BCUT2D eigenvalue weighted by molar-refractivity contribution is -0.130.